The third-order valence-corrected chi connectivity index (χ3v) is 3.67. The van der Waals surface area contributed by atoms with E-state index in [1.165, 1.54) is 18.6 Å². The van der Waals surface area contributed by atoms with Crippen molar-refractivity contribution >= 4 is 11.6 Å². The highest BCUT2D eigenvalue weighted by molar-refractivity contribution is 6.46. The minimum atomic E-state index is -0.420. The van der Waals surface area contributed by atoms with E-state index in [-0.39, 0.29) is 11.7 Å². The van der Waals surface area contributed by atoms with Gasteiger partial charge in [-0.1, -0.05) is 18.6 Å². The molecule has 1 amide bonds. The summed E-state index contributed by atoms with van der Waals surface area (Å²) in [5, 5.41) is 2.97. The second-order valence-electron chi connectivity index (χ2n) is 5.02. The molecule has 1 heterocycles. The first-order valence-electron chi connectivity index (χ1n) is 6.37. The van der Waals surface area contributed by atoms with E-state index in [4.69, 9.17) is 0 Å². The van der Waals surface area contributed by atoms with Gasteiger partial charge in [-0.3, -0.25) is 9.79 Å². The van der Waals surface area contributed by atoms with Crippen LogP contribution in [0.5, 0.6) is 0 Å². The standard InChI is InChI=1S/C14H15FN2O/c15-11-6-4-5-10(9-11)12-13(18)17-14(16-12)7-2-1-3-8-14/h4-6,9H,1-3,7-8H2,(H,17,18). The summed E-state index contributed by atoms with van der Waals surface area (Å²) in [7, 11) is 0. The molecular formula is C14H15FN2O. The Labute approximate surface area is 105 Å². The van der Waals surface area contributed by atoms with Crippen LogP contribution < -0.4 is 5.32 Å². The predicted octanol–water partition coefficient (Wildman–Crippen LogP) is 2.41. The van der Waals surface area contributed by atoms with E-state index in [1.807, 2.05) is 0 Å². The molecule has 1 N–H and O–H groups in total. The Balaban J connectivity index is 1.96. The summed E-state index contributed by atoms with van der Waals surface area (Å²) >= 11 is 0. The van der Waals surface area contributed by atoms with Gasteiger partial charge in [-0.2, -0.15) is 0 Å². The molecule has 1 aliphatic heterocycles. The van der Waals surface area contributed by atoms with Crippen molar-refractivity contribution in [2.45, 2.75) is 37.8 Å². The molecule has 0 radical (unpaired) electrons. The van der Waals surface area contributed by atoms with Crippen LogP contribution in [0.4, 0.5) is 4.39 Å². The normalized spacial score (nSPS) is 21.8. The maximum atomic E-state index is 13.2. The van der Waals surface area contributed by atoms with Crippen LogP contribution in [0.3, 0.4) is 0 Å². The molecule has 1 saturated carbocycles. The van der Waals surface area contributed by atoms with Crippen LogP contribution >= 0.6 is 0 Å². The number of hydrogen-bond acceptors (Lipinski definition) is 2. The zero-order valence-electron chi connectivity index (χ0n) is 10.1. The summed E-state index contributed by atoms with van der Waals surface area (Å²) < 4.78 is 13.2. The molecule has 0 aromatic heterocycles. The van der Waals surface area contributed by atoms with Crippen molar-refractivity contribution in [1.82, 2.24) is 5.32 Å². The lowest BCUT2D eigenvalue weighted by molar-refractivity contribution is -0.115. The number of carbonyl (C=O) groups excluding carboxylic acids is 1. The molecule has 18 heavy (non-hydrogen) atoms. The van der Waals surface area contributed by atoms with E-state index in [9.17, 15) is 9.18 Å². The number of amides is 1. The number of aliphatic imine (C=N–C) groups is 1. The fourth-order valence-electron chi connectivity index (χ4n) is 2.77. The van der Waals surface area contributed by atoms with E-state index in [0.29, 0.717) is 11.3 Å². The van der Waals surface area contributed by atoms with Crippen molar-refractivity contribution in [2.75, 3.05) is 0 Å². The summed E-state index contributed by atoms with van der Waals surface area (Å²) in [6, 6.07) is 6.06. The van der Waals surface area contributed by atoms with Crippen LogP contribution in [0.25, 0.3) is 0 Å². The first-order valence-corrected chi connectivity index (χ1v) is 6.37. The lowest BCUT2D eigenvalue weighted by atomic mass is 9.90. The molecule has 1 aliphatic carbocycles. The van der Waals surface area contributed by atoms with E-state index < -0.39 is 5.66 Å². The molecule has 0 unspecified atom stereocenters. The Kier molecular flexibility index (Phi) is 2.65. The average molecular weight is 246 g/mol. The van der Waals surface area contributed by atoms with Crippen LogP contribution in [0.15, 0.2) is 29.3 Å². The highest BCUT2D eigenvalue weighted by Crippen LogP contribution is 2.32. The Bertz CT molecular complexity index is 518. The summed E-state index contributed by atoms with van der Waals surface area (Å²) in [6.07, 6.45) is 5.14. The van der Waals surface area contributed by atoms with Gasteiger partial charge in [-0.05, 0) is 37.8 Å². The minimum Gasteiger partial charge on any atom is -0.326 e. The van der Waals surface area contributed by atoms with Crippen molar-refractivity contribution < 1.29 is 9.18 Å². The number of nitrogens with zero attached hydrogens (tertiary/aromatic N) is 1. The molecule has 94 valence electrons. The van der Waals surface area contributed by atoms with Crippen molar-refractivity contribution in [3.05, 3.63) is 35.6 Å². The molecular weight excluding hydrogens is 231 g/mol. The number of halogens is 1. The van der Waals surface area contributed by atoms with E-state index in [2.05, 4.69) is 10.3 Å². The average Bonchev–Trinajstić information content (AvgIpc) is 2.67. The molecule has 0 atom stereocenters. The van der Waals surface area contributed by atoms with E-state index in [0.717, 1.165) is 25.7 Å². The molecule has 3 rings (SSSR count). The molecule has 1 spiro atoms. The number of carbonyl (C=O) groups is 1. The van der Waals surface area contributed by atoms with Gasteiger partial charge in [0.15, 0.2) is 0 Å². The van der Waals surface area contributed by atoms with Gasteiger partial charge in [0.1, 0.15) is 17.2 Å². The van der Waals surface area contributed by atoms with Gasteiger partial charge in [0.2, 0.25) is 0 Å². The second kappa shape index (κ2) is 4.19. The second-order valence-corrected chi connectivity index (χ2v) is 5.02. The minimum absolute atomic E-state index is 0.178. The van der Waals surface area contributed by atoms with Gasteiger partial charge in [0.25, 0.3) is 5.91 Å². The first kappa shape index (κ1) is 11.4. The van der Waals surface area contributed by atoms with Crippen molar-refractivity contribution in [3.8, 4) is 0 Å². The zero-order valence-corrected chi connectivity index (χ0v) is 10.1. The Morgan fingerprint density at radius 3 is 2.72 bits per heavy atom. The molecule has 1 fully saturated rings. The van der Waals surface area contributed by atoms with Gasteiger partial charge in [0.05, 0.1) is 0 Å². The smallest absolute Gasteiger partial charge is 0.272 e. The Morgan fingerprint density at radius 1 is 1.22 bits per heavy atom. The van der Waals surface area contributed by atoms with Crippen LogP contribution in [0.1, 0.15) is 37.7 Å². The van der Waals surface area contributed by atoms with Gasteiger partial charge >= 0.3 is 0 Å². The fourth-order valence-corrected chi connectivity index (χ4v) is 2.77. The monoisotopic (exact) mass is 246 g/mol. The Morgan fingerprint density at radius 2 is 2.00 bits per heavy atom. The molecule has 1 aromatic carbocycles. The SMILES string of the molecule is O=C1NC2(CCCCC2)N=C1c1cccc(F)c1. The molecule has 1 aromatic rings. The third-order valence-electron chi connectivity index (χ3n) is 3.67. The fraction of sp³-hybridized carbons (Fsp3) is 0.429. The van der Waals surface area contributed by atoms with Crippen molar-refractivity contribution in [3.63, 3.8) is 0 Å². The zero-order chi connectivity index (χ0) is 12.6. The third kappa shape index (κ3) is 1.92. The van der Waals surface area contributed by atoms with Gasteiger partial charge in [-0.25, -0.2) is 4.39 Å². The van der Waals surface area contributed by atoms with Gasteiger partial charge < -0.3 is 5.32 Å². The largest absolute Gasteiger partial charge is 0.326 e. The van der Waals surface area contributed by atoms with Crippen molar-refractivity contribution in [2.24, 2.45) is 4.99 Å². The van der Waals surface area contributed by atoms with Crippen LogP contribution in [0.2, 0.25) is 0 Å². The summed E-state index contributed by atoms with van der Waals surface area (Å²) in [5.41, 5.74) is 0.517. The molecule has 2 aliphatic rings. The lowest BCUT2D eigenvalue weighted by Crippen LogP contribution is -2.43. The number of rotatable bonds is 1. The van der Waals surface area contributed by atoms with Crippen LogP contribution in [-0.4, -0.2) is 17.3 Å². The highest BCUT2D eigenvalue weighted by atomic mass is 19.1. The summed E-state index contributed by atoms with van der Waals surface area (Å²) in [5.74, 6) is -0.518. The maximum absolute atomic E-state index is 13.2. The van der Waals surface area contributed by atoms with E-state index >= 15 is 0 Å². The summed E-state index contributed by atoms with van der Waals surface area (Å²) in [6.45, 7) is 0. The first-order chi connectivity index (χ1) is 8.69. The topological polar surface area (TPSA) is 41.5 Å². The number of nitrogens with one attached hydrogen (secondary N) is 1. The van der Waals surface area contributed by atoms with Crippen LogP contribution in [0, 0.1) is 5.82 Å². The number of hydrogen-bond donors (Lipinski definition) is 1. The molecule has 4 heteroatoms. The summed E-state index contributed by atoms with van der Waals surface area (Å²) in [4.78, 5) is 16.6. The van der Waals surface area contributed by atoms with Crippen LogP contribution in [-0.2, 0) is 4.79 Å². The van der Waals surface area contributed by atoms with E-state index in [1.54, 1.807) is 12.1 Å². The lowest BCUT2D eigenvalue weighted by Gasteiger charge is -2.30. The molecule has 0 saturated heterocycles. The number of benzene rings is 1. The van der Waals surface area contributed by atoms with Crippen molar-refractivity contribution in [1.29, 1.82) is 0 Å². The molecule has 0 bridgehead atoms. The highest BCUT2D eigenvalue weighted by Gasteiger charge is 2.40. The maximum Gasteiger partial charge on any atom is 0.272 e. The van der Waals surface area contributed by atoms with Gasteiger partial charge in [-0.15, -0.1) is 0 Å². The predicted molar refractivity (Wildman–Crippen MR) is 66.9 cm³/mol. The van der Waals surface area contributed by atoms with Gasteiger partial charge in [0, 0.05) is 5.56 Å². The molecule has 3 nitrogen and oxygen atoms in total. The quantitative estimate of drug-likeness (QED) is 0.812. The Hall–Kier alpha value is -1.71.